The number of carbonyl (C=O) groups is 1. The average Bonchev–Trinajstić information content (AvgIpc) is 3.01. The molecule has 0 unspecified atom stereocenters. The third kappa shape index (κ3) is 5.21. The van der Waals surface area contributed by atoms with Crippen LogP contribution < -0.4 is 4.18 Å². The van der Waals surface area contributed by atoms with Crippen molar-refractivity contribution in [2.45, 2.75) is 51.5 Å². The van der Waals surface area contributed by atoms with E-state index >= 15 is 0 Å². The van der Waals surface area contributed by atoms with Crippen LogP contribution in [0.15, 0.2) is 24.3 Å². The molecule has 0 bridgehead atoms. The quantitative estimate of drug-likeness (QED) is 0.702. The molecule has 0 saturated carbocycles. The number of carbonyl (C=O) groups excluding carboxylic acids is 1. The summed E-state index contributed by atoms with van der Waals surface area (Å²) in [6.07, 6.45) is 2.11. The average molecular weight is 355 g/mol. The summed E-state index contributed by atoms with van der Waals surface area (Å²) in [5.74, 6) is 0.272. The van der Waals surface area contributed by atoms with E-state index in [1.165, 1.54) is 0 Å². The molecule has 1 atom stereocenters. The van der Waals surface area contributed by atoms with E-state index in [1.54, 1.807) is 49.9 Å². The zero-order valence-corrected chi connectivity index (χ0v) is 15.2. The third-order valence-electron chi connectivity index (χ3n) is 3.98. The van der Waals surface area contributed by atoms with E-state index in [-0.39, 0.29) is 17.8 Å². The molecule has 1 amide bonds. The lowest BCUT2D eigenvalue weighted by atomic mass is 10.1. The van der Waals surface area contributed by atoms with Gasteiger partial charge in [-0.2, -0.15) is 8.42 Å². The molecule has 0 aliphatic carbocycles. The Morgan fingerprint density at radius 1 is 1.33 bits per heavy atom. The standard InChI is InChI=1S/C17H25NO5S/c1-13(2)24(20,21)23-16-8-6-15(7-9-16)11-18(14(3)19)12-17-5-4-10-22-17/h6-9,13,17H,4-5,10-12H2,1-3H3/t17-/m0/s1. The molecule has 0 N–H and O–H groups in total. The molecule has 0 aromatic heterocycles. The first kappa shape index (κ1) is 18.7. The van der Waals surface area contributed by atoms with E-state index < -0.39 is 15.4 Å². The van der Waals surface area contributed by atoms with Crippen molar-refractivity contribution in [2.24, 2.45) is 0 Å². The normalized spacial score (nSPS) is 17.9. The van der Waals surface area contributed by atoms with Gasteiger partial charge in [0.15, 0.2) is 0 Å². The summed E-state index contributed by atoms with van der Waals surface area (Å²) < 4.78 is 34.1. The molecule has 24 heavy (non-hydrogen) atoms. The molecule has 1 aromatic rings. The first-order chi connectivity index (χ1) is 11.3. The Balaban J connectivity index is 1.99. The highest BCUT2D eigenvalue weighted by atomic mass is 32.2. The predicted octanol–water partition coefficient (Wildman–Crippen LogP) is 2.33. The number of amides is 1. The molecule has 1 heterocycles. The number of hydrogen-bond donors (Lipinski definition) is 0. The van der Waals surface area contributed by atoms with Gasteiger partial charge in [-0.25, -0.2) is 0 Å². The summed E-state index contributed by atoms with van der Waals surface area (Å²) in [6.45, 7) is 6.48. The van der Waals surface area contributed by atoms with Crippen LogP contribution >= 0.6 is 0 Å². The lowest BCUT2D eigenvalue weighted by Gasteiger charge is -2.24. The van der Waals surface area contributed by atoms with Crippen molar-refractivity contribution in [1.29, 1.82) is 0 Å². The molecule has 0 spiro atoms. The maximum absolute atomic E-state index is 11.8. The monoisotopic (exact) mass is 355 g/mol. The second-order valence-electron chi connectivity index (χ2n) is 6.30. The minimum atomic E-state index is -3.60. The van der Waals surface area contributed by atoms with Gasteiger partial charge in [-0.15, -0.1) is 0 Å². The Bertz CT molecular complexity index is 648. The van der Waals surface area contributed by atoms with Gasteiger partial charge in [0.25, 0.3) is 0 Å². The predicted molar refractivity (Wildman–Crippen MR) is 91.2 cm³/mol. The molecule has 6 nitrogen and oxygen atoms in total. The highest BCUT2D eigenvalue weighted by Gasteiger charge is 2.21. The van der Waals surface area contributed by atoms with Crippen LogP contribution in [0.25, 0.3) is 0 Å². The first-order valence-corrected chi connectivity index (χ1v) is 9.64. The van der Waals surface area contributed by atoms with E-state index in [1.807, 2.05) is 0 Å². The summed E-state index contributed by atoms with van der Waals surface area (Å²) in [7, 11) is -3.60. The third-order valence-corrected chi connectivity index (χ3v) is 5.56. The van der Waals surface area contributed by atoms with Crippen LogP contribution in [0.4, 0.5) is 0 Å². The van der Waals surface area contributed by atoms with Crippen molar-refractivity contribution in [3.63, 3.8) is 0 Å². The van der Waals surface area contributed by atoms with Gasteiger partial charge >= 0.3 is 10.1 Å². The van der Waals surface area contributed by atoms with Gasteiger partial charge in [0.2, 0.25) is 5.91 Å². The molecule has 0 radical (unpaired) electrons. The number of benzene rings is 1. The number of rotatable bonds is 7. The molecule has 7 heteroatoms. The van der Waals surface area contributed by atoms with Crippen molar-refractivity contribution >= 4 is 16.0 Å². The van der Waals surface area contributed by atoms with Crippen molar-refractivity contribution < 1.29 is 22.1 Å². The van der Waals surface area contributed by atoms with Gasteiger partial charge < -0.3 is 13.8 Å². The lowest BCUT2D eigenvalue weighted by molar-refractivity contribution is -0.131. The second kappa shape index (κ2) is 7.98. The summed E-state index contributed by atoms with van der Waals surface area (Å²) >= 11 is 0. The molecule has 1 fully saturated rings. The second-order valence-corrected chi connectivity index (χ2v) is 8.40. The maximum Gasteiger partial charge on any atom is 0.311 e. The zero-order chi connectivity index (χ0) is 17.7. The molecule has 1 aliphatic rings. The van der Waals surface area contributed by atoms with E-state index in [4.69, 9.17) is 8.92 Å². The first-order valence-electron chi connectivity index (χ1n) is 8.17. The van der Waals surface area contributed by atoms with E-state index in [9.17, 15) is 13.2 Å². The molecule has 1 aliphatic heterocycles. The van der Waals surface area contributed by atoms with Crippen LogP contribution in [-0.4, -0.2) is 43.7 Å². The SMILES string of the molecule is CC(=O)N(Cc1ccc(OS(=O)(=O)C(C)C)cc1)C[C@@H]1CCCO1. The summed E-state index contributed by atoms with van der Waals surface area (Å²) in [5.41, 5.74) is 0.914. The van der Waals surface area contributed by atoms with Gasteiger partial charge in [0.05, 0.1) is 11.4 Å². The highest BCUT2D eigenvalue weighted by molar-refractivity contribution is 7.87. The van der Waals surface area contributed by atoms with Gasteiger partial charge in [0, 0.05) is 26.6 Å². The van der Waals surface area contributed by atoms with Gasteiger partial charge in [-0.3, -0.25) is 4.79 Å². The largest absolute Gasteiger partial charge is 0.382 e. The molecule has 1 aromatic carbocycles. The number of ether oxygens (including phenoxy) is 1. The molecular weight excluding hydrogens is 330 g/mol. The van der Waals surface area contributed by atoms with Crippen LogP contribution in [0, 0.1) is 0 Å². The maximum atomic E-state index is 11.8. The fourth-order valence-electron chi connectivity index (χ4n) is 2.44. The van der Waals surface area contributed by atoms with Crippen molar-refractivity contribution in [3.8, 4) is 5.75 Å². The van der Waals surface area contributed by atoms with E-state index in [0.29, 0.717) is 13.1 Å². The van der Waals surface area contributed by atoms with Crippen LogP contribution in [0.3, 0.4) is 0 Å². The van der Waals surface area contributed by atoms with Crippen molar-refractivity contribution in [3.05, 3.63) is 29.8 Å². The lowest BCUT2D eigenvalue weighted by Crippen LogP contribution is -2.35. The minimum absolute atomic E-state index is 0.00629. The number of nitrogens with zero attached hydrogens (tertiary/aromatic N) is 1. The summed E-state index contributed by atoms with van der Waals surface area (Å²) in [6, 6.07) is 6.77. The smallest absolute Gasteiger partial charge is 0.311 e. The Morgan fingerprint density at radius 3 is 2.50 bits per heavy atom. The van der Waals surface area contributed by atoms with E-state index in [0.717, 1.165) is 25.0 Å². The fraction of sp³-hybridized carbons (Fsp3) is 0.588. The topological polar surface area (TPSA) is 72.9 Å². The summed E-state index contributed by atoms with van der Waals surface area (Å²) in [5, 5.41) is -0.600. The van der Waals surface area contributed by atoms with Crippen molar-refractivity contribution in [1.82, 2.24) is 4.90 Å². The van der Waals surface area contributed by atoms with Crippen LogP contribution in [0.2, 0.25) is 0 Å². The highest BCUT2D eigenvalue weighted by Crippen LogP contribution is 2.19. The molecular formula is C17H25NO5S. The Kier molecular flexibility index (Phi) is 6.23. The van der Waals surface area contributed by atoms with Crippen LogP contribution in [-0.2, 0) is 26.2 Å². The van der Waals surface area contributed by atoms with Gasteiger partial charge in [-0.1, -0.05) is 12.1 Å². The molecule has 134 valence electrons. The molecule has 2 rings (SSSR count). The van der Waals surface area contributed by atoms with Crippen LogP contribution in [0.1, 0.15) is 39.2 Å². The minimum Gasteiger partial charge on any atom is -0.382 e. The Labute approximate surface area is 143 Å². The van der Waals surface area contributed by atoms with Gasteiger partial charge in [0.1, 0.15) is 5.75 Å². The molecule has 1 saturated heterocycles. The Morgan fingerprint density at radius 2 is 2.00 bits per heavy atom. The Hall–Kier alpha value is -1.60. The summed E-state index contributed by atoms with van der Waals surface area (Å²) in [4.78, 5) is 13.6. The van der Waals surface area contributed by atoms with E-state index in [2.05, 4.69) is 0 Å². The number of hydrogen-bond acceptors (Lipinski definition) is 5. The van der Waals surface area contributed by atoms with Gasteiger partial charge in [-0.05, 0) is 44.4 Å². The zero-order valence-electron chi connectivity index (χ0n) is 14.4. The fourth-order valence-corrected chi connectivity index (χ4v) is 3.01. The van der Waals surface area contributed by atoms with Crippen molar-refractivity contribution in [2.75, 3.05) is 13.2 Å². The van der Waals surface area contributed by atoms with Crippen LogP contribution in [0.5, 0.6) is 5.75 Å².